The Kier molecular flexibility index (Phi) is 6.09. The average Bonchev–Trinajstić information content (AvgIpc) is 2.52. The van der Waals surface area contributed by atoms with E-state index in [-0.39, 0.29) is 0 Å². The number of nitrogens with one attached hydrogen (secondary N) is 1. The molecule has 1 unspecified atom stereocenters. The van der Waals surface area contributed by atoms with Crippen molar-refractivity contribution in [2.75, 3.05) is 6.54 Å². The number of nitrogens with zero attached hydrogens (tertiary/aromatic N) is 1. The second-order valence-corrected chi connectivity index (χ2v) is 5.94. The van der Waals surface area contributed by atoms with E-state index in [0.29, 0.717) is 6.04 Å². The summed E-state index contributed by atoms with van der Waals surface area (Å²) in [5, 5.41) is 3.51. The summed E-state index contributed by atoms with van der Waals surface area (Å²) in [6.07, 6.45) is 4.87. The maximum Gasteiger partial charge on any atom is 0.0291 e. The molecular formula is C17H22N2S. The predicted molar refractivity (Wildman–Crippen MR) is 86.9 cm³/mol. The lowest BCUT2D eigenvalue weighted by Gasteiger charge is -2.14. The lowest BCUT2D eigenvalue weighted by molar-refractivity contribution is 0.570. The molecule has 3 heteroatoms. The summed E-state index contributed by atoms with van der Waals surface area (Å²) in [6.45, 7) is 5.48. The molecule has 0 amide bonds. The van der Waals surface area contributed by atoms with Crippen molar-refractivity contribution in [3.8, 4) is 0 Å². The predicted octanol–water partition coefficient (Wildman–Crippen LogP) is 4.43. The van der Waals surface area contributed by atoms with Gasteiger partial charge in [-0.3, -0.25) is 4.98 Å². The zero-order valence-electron chi connectivity index (χ0n) is 12.2. The van der Waals surface area contributed by atoms with E-state index < -0.39 is 0 Å². The van der Waals surface area contributed by atoms with Crippen LogP contribution in [0.1, 0.15) is 37.4 Å². The molecule has 1 aromatic heterocycles. The van der Waals surface area contributed by atoms with Crippen LogP contribution in [-0.2, 0) is 5.75 Å². The number of benzene rings is 1. The number of hydrogen-bond donors (Lipinski definition) is 1. The third-order valence-corrected chi connectivity index (χ3v) is 4.32. The molecule has 0 radical (unpaired) electrons. The van der Waals surface area contributed by atoms with Crippen LogP contribution < -0.4 is 5.32 Å². The molecule has 2 aromatic rings. The third kappa shape index (κ3) is 4.66. The number of hydrogen-bond acceptors (Lipinski definition) is 3. The molecule has 20 heavy (non-hydrogen) atoms. The topological polar surface area (TPSA) is 24.9 Å². The van der Waals surface area contributed by atoms with E-state index in [0.717, 1.165) is 12.3 Å². The highest BCUT2D eigenvalue weighted by molar-refractivity contribution is 7.98. The molecule has 0 bridgehead atoms. The Bertz CT molecular complexity index is 496. The van der Waals surface area contributed by atoms with Crippen LogP contribution in [0.25, 0.3) is 0 Å². The molecule has 106 valence electrons. The van der Waals surface area contributed by atoms with Crippen LogP contribution in [0.15, 0.2) is 53.7 Å². The van der Waals surface area contributed by atoms with Crippen molar-refractivity contribution in [1.82, 2.24) is 10.3 Å². The van der Waals surface area contributed by atoms with Gasteiger partial charge in [0.25, 0.3) is 0 Å². The van der Waals surface area contributed by atoms with Crippen molar-refractivity contribution in [1.29, 1.82) is 0 Å². The van der Waals surface area contributed by atoms with Crippen LogP contribution in [0.3, 0.4) is 0 Å². The molecule has 0 aliphatic carbocycles. The first-order valence-corrected chi connectivity index (χ1v) is 8.13. The molecule has 0 fully saturated rings. The first kappa shape index (κ1) is 15.1. The third-order valence-electron chi connectivity index (χ3n) is 3.24. The first-order valence-electron chi connectivity index (χ1n) is 7.14. The molecule has 0 aliphatic rings. The maximum atomic E-state index is 4.04. The average molecular weight is 286 g/mol. The van der Waals surface area contributed by atoms with Crippen LogP contribution in [0.4, 0.5) is 0 Å². The van der Waals surface area contributed by atoms with E-state index in [1.165, 1.54) is 22.4 Å². The minimum atomic E-state index is 0.425. The summed E-state index contributed by atoms with van der Waals surface area (Å²) < 4.78 is 0. The van der Waals surface area contributed by atoms with Crippen LogP contribution in [0, 0.1) is 0 Å². The maximum absolute atomic E-state index is 4.04. The highest BCUT2D eigenvalue weighted by Crippen LogP contribution is 2.24. The second-order valence-electron chi connectivity index (χ2n) is 4.89. The fraction of sp³-hybridized carbons (Fsp3) is 0.353. The molecule has 1 atom stereocenters. The summed E-state index contributed by atoms with van der Waals surface area (Å²) in [7, 11) is 0. The van der Waals surface area contributed by atoms with Crippen molar-refractivity contribution >= 4 is 11.8 Å². The molecule has 2 nitrogen and oxygen atoms in total. The monoisotopic (exact) mass is 286 g/mol. The standard InChI is InChI=1S/C17H22N2S/c1-3-10-19-14(2)16-4-6-17(7-5-16)20-13-15-8-11-18-12-9-15/h4-9,11-12,14,19H,3,10,13H2,1-2H3. The molecule has 0 saturated carbocycles. The van der Waals surface area contributed by atoms with E-state index in [1.807, 2.05) is 24.2 Å². The molecule has 1 heterocycles. The van der Waals surface area contributed by atoms with Gasteiger partial charge in [-0.1, -0.05) is 19.1 Å². The van der Waals surface area contributed by atoms with Crippen molar-refractivity contribution in [2.24, 2.45) is 0 Å². The zero-order valence-corrected chi connectivity index (χ0v) is 13.0. The van der Waals surface area contributed by atoms with Gasteiger partial charge < -0.3 is 5.32 Å². The van der Waals surface area contributed by atoms with Gasteiger partial charge >= 0.3 is 0 Å². The van der Waals surface area contributed by atoms with Gasteiger partial charge in [-0.25, -0.2) is 0 Å². The quantitative estimate of drug-likeness (QED) is 0.762. The minimum absolute atomic E-state index is 0.425. The van der Waals surface area contributed by atoms with Crippen molar-refractivity contribution < 1.29 is 0 Å². The van der Waals surface area contributed by atoms with Gasteiger partial charge in [0.15, 0.2) is 0 Å². The molecule has 0 spiro atoms. The summed E-state index contributed by atoms with van der Waals surface area (Å²) >= 11 is 1.86. The lowest BCUT2D eigenvalue weighted by Crippen LogP contribution is -2.19. The molecular weight excluding hydrogens is 264 g/mol. The van der Waals surface area contributed by atoms with Crippen LogP contribution in [0.2, 0.25) is 0 Å². The molecule has 2 rings (SSSR count). The molecule has 0 aliphatic heterocycles. The zero-order chi connectivity index (χ0) is 14.2. The number of rotatable bonds is 7. The van der Waals surface area contributed by atoms with Crippen LogP contribution in [-0.4, -0.2) is 11.5 Å². The summed E-state index contributed by atoms with van der Waals surface area (Å²) in [6, 6.07) is 13.4. The van der Waals surface area contributed by atoms with E-state index >= 15 is 0 Å². The second kappa shape index (κ2) is 8.08. The molecule has 0 saturated heterocycles. The highest BCUT2D eigenvalue weighted by Gasteiger charge is 2.04. The Morgan fingerprint density at radius 1 is 1.10 bits per heavy atom. The van der Waals surface area contributed by atoms with Crippen molar-refractivity contribution in [3.05, 3.63) is 59.9 Å². The Morgan fingerprint density at radius 3 is 2.45 bits per heavy atom. The normalized spacial score (nSPS) is 12.3. The Labute approximate surface area is 126 Å². The Balaban J connectivity index is 1.88. The van der Waals surface area contributed by atoms with Crippen molar-refractivity contribution in [3.63, 3.8) is 0 Å². The van der Waals surface area contributed by atoms with Gasteiger partial charge in [0.2, 0.25) is 0 Å². The number of thioether (sulfide) groups is 1. The molecule has 1 N–H and O–H groups in total. The van der Waals surface area contributed by atoms with Crippen LogP contribution in [0.5, 0.6) is 0 Å². The minimum Gasteiger partial charge on any atom is -0.310 e. The van der Waals surface area contributed by atoms with Gasteiger partial charge in [-0.2, -0.15) is 0 Å². The van der Waals surface area contributed by atoms with E-state index in [4.69, 9.17) is 0 Å². The number of aromatic nitrogens is 1. The highest BCUT2D eigenvalue weighted by atomic mass is 32.2. The van der Waals surface area contributed by atoms with Gasteiger partial charge in [0, 0.05) is 29.1 Å². The smallest absolute Gasteiger partial charge is 0.0291 e. The fourth-order valence-corrected chi connectivity index (χ4v) is 2.83. The number of pyridine rings is 1. The molecule has 1 aromatic carbocycles. The SMILES string of the molecule is CCCNC(C)c1ccc(SCc2ccncc2)cc1. The van der Waals surface area contributed by atoms with Crippen molar-refractivity contribution in [2.45, 2.75) is 37.0 Å². The fourth-order valence-electron chi connectivity index (χ4n) is 1.98. The summed E-state index contributed by atoms with van der Waals surface area (Å²) in [4.78, 5) is 5.35. The largest absolute Gasteiger partial charge is 0.310 e. The summed E-state index contributed by atoms with van der Waals surface area (Å²) in [5.74, 6) is 0.992. The van der Waals surface area contributed by atoms with Gasteiger partial charge in [0.1, 0.15) is 0 Å². The first-order chi connectivity index (χ1) is 9.79. The van der Waals surface area contributed by atoms with Gasteiger partial charge in [0.05, 0.1) is 0 Å². The van der Waals surface area contributed by atoms with Crippen LogP contribution >= 0.6 is 11.8 Å². The van der Waals surface area contributed by atoms with E-state index in [2.05, 4.69) is 60.5 Å². The summed E-state index contributed by atoms with van der Waals surface area (Å²) in [5.41, 5.74) is 2.67. The van der Waals surface area contributed by atoms with Gasteiger partial charge in [-0.05, 0) is 55.3 Å². The van der Waals surface area contributed by atoms with E-state index in [1.54, 1.807) is 0 Å². The van der Waals surface area contributed by atoms with E-state index in [9.17, 15) is 0 Å². The Hall–Kier alpha value is -1.32. The Morgan fingerprint density at radius 2 is 1.80 bits per heavy atom. The van der Waals surface area contributed by atoms with Gasteiger partial charge in [-0.15, -0.1) is 11.8 Å². The lowest BCUT2D eigenvalue weighted by atomic mass is 10.1.